The van der Waals surface area contributed by atoms with Crippen molar-refractivity contribution in [3.8, 4) is 0 Å². The van der Waals surface area contributed by atoms with E-state index < -0.39 is 12.0 Å². The quantitative estimate of drug-likeness (QED) is 0.752. The van der Waals surface area contributed by atoms with Crippen LogP contribution in [0.4, 0.5) is 0 Å². The van der Waals surface area contributed by atoms with Crippen LogP contribution >= 0.6 is 11.3 Å². The lowest BCUT2D eigenvalue weighted by Crippen LogP contribution is -2.48. The molecule has 1 rings (SSSR count). The second-order valence-corrected chi connectivity index (χ2v) is 5.94. The van der Waals surface area contributed by atoms with Crippen LogP contribution in [0.5, 0.6) is 0 Å². The number of nitrogens with one attached hydrogen (secondary N) is 1. The summed E-state index contributed by atoms with van der Waals surface area (Å²) in [6, 6.07) is -0.614. The van der Waals surface area contributed by atoms with Crippen molar-refractivity contribution in [2.45, 2.75) is 33.4 Å². The maximum atomic E-state index is 11.7. The highest BCUT2D eigenvalue weighted by atomic mass is 32.1. The first-order chi connectivity index (χ1) is 8.21. The first-order valence-corrected chi connectivity index (χ1v) is 6.31. The van der Waals surface area contributed by atoms with Gasteiger partial charge >= 0.3 is 5.97 Å². The van der Waals surface area contributed by atoms with E-state index in [4.69, 9.17) is 10.8 Å². The number of amides is 1. The van der Waals surface area contributed by atoms with Crippen LogP contribution in [0.2, 0.25) is 0 Å². The average Bonchev–Trinajstić information content (AvgIpc) is 2.72. The standard InChI is InChI=1S/C11H17N3O3S/c1-11(2,3)8(12)9(15)13-4-7-14-6(5-18-7)10(16)17/h5,8H,4,12H2,1-3H3,(H,13,15)(H,16,17)/t8-/m1/s1. The molecule has 1 aromatic rings. The molecule has 18 heavy (non-hydrogen) atoms. The van der Waals surface area contributed by atoms with E-state index in [2.05, 4.69) is 10.3 Å². The van der Waals surface area contributed by atoms with Gasteiger partial charge in [0, 0.05) is 5.38 Å². The Balaban J connectivity index is 2.55. The minimum Gasteiger partial charge on any atom is -0.476 e. The van der Waals surface area contributed by atoms with Gasteiger partial charge in [0.25, 0.3) is 0 Å². The van der Waals surface area contributed by atoms with Crippen LogP contribution in [-0.4, -0.2) is 28.0 Å². The Bertz CT molecular complexity index is 451. The van der Waals surface area contributed by atoms with Gasteiger partial charge in [-0.2, -0.15) is 0 Å². The Morgan fingerprint density at radius 3 is 2.61 bits per heavy atom. The molecule has 6 nitrogen and oxygen atoms in total. The molecule has 0 saturated carbocycles. The van der Waals surface area contributed by atoms with Gasteiger partial charge in [-0.15, -0.1) is 11.3 Å². The average molecular weight is 271 g/mol. The van der Waals surface area contributed by atoms with E-state index in [9.17, 15) is 9.59 Å². The number of rotatable bonds is 4. The van der Waals surface area contributed by atoms with Gasteiger partial charge in [-0.05, 0) is 5.41 Å². The van der Waals surface area contributed by atoms with E-state index in [1.165, 1.54) is 16.7 Å². The van der Waals surface area contributed by atoms with Crippen LogP contribution in [0.15, 0.2) is 5.38 Å². The lowest BCUT2D eigenvalue weighted by Gasteiger charge is -2.25. The minimum atomic E-state index is -1.07. The summed E-state index contributed by atoms with van der Waals surface area (Å²) in [5, 5.41) is 13.3. The molecule has 0 radical (unpaired) electrons. The van der Waals surface area contributed by atoms with E-state index >= 15 is 0 Å². The van der Waals surface area contributed by atoms with Gasteiger partial charge in [-0.25, -0.2) is 9.78 Å². The van der Waals surface area contributed by atoms with E-state index in [1.807, 2.05) is 20.8 Å². The van der Waals surface area contributed by atoms with Gasteiger partial charge in [0.15, 0.2) is 5.69 Å². The molecule has 1 atom stereocenters. The van der Waals surface area contributed by atoms with Gasteiger partial charge in [-0.1, -0.05) is 20.8 Å². The number of thiazole rings is 1. The van der Waals surface area contributed by atoms with Gasteiger partial charge in [0.1, 0.15) is 5.01 Å². The van der Waals surface area contributed by atoms with Crippen molar-refractivity contribution in [2.24, 2.45) is 11.1 Å². The molecular weight excluding hydrogens is 254 g/mol. The Kier molecular flexibility index (Phi) is 4.42. The van der Waals surface area contributed by atoms with Crippen molar-refractivity contribution in [3.63, 3.8) is 0 Å². The number of carboxylic acids is 1. The maximum absolute atomic E-state index is 11.7. The summed E-state index contributed by atoms with van der Waals surface area (Å²) in [6.07, 6.45) is 0. The number of hydrogen-bond acceptors (Lipinski definition) is 5. The monoisotopic (exact) mass is 271 g/mol. The summed E-state index contributed by atoms with van der Waals surface area (Å²) in [5.41, 5.74) is 5.46. The summed E-state index contributed by atoms with van der Waals surface area (Å²) in [7, 11) is 0. The van der Waals surface area contributed by atoms with Gasteiger partial charge in [-0.3, -0.25) is 4.79 Å². The van der Waals surface area contributed by atoms with Crippen LogP contribution in [-0.2, 0) is 11.3 Å². The highest BCUT2D eigenvalue weighted by Gasteiger charge is 2.27. The number of aromatic nitrogens is 1. The van der Waals surface area contributed by atoms with Gasteiger partial charge < -0.3 is 16.2 Å². The molecule has 1 aromatic heterocycles. The minimum absolute atomic E-state index is 0.00984. The Morgan fingerprint density at radius 2 is 2.17 bits per heavy atom. The molecule has 7 heteroatoms. The third-order valence-electron chi connectivity index (χ3n) is 2.40. The number of carbonyl (C=O) groups is 2. The second kappa shape index (κ2) is 5.45. The predicted octanol–water partition coefficient (Wildman–Crippen LogP) is 0.831. The zero-order chi connectivity index (χ0) is 13.9. The van der Waals surface area contributed by atoms with Crippen LogP contribution in [0.25, 0.3) is 0 Å². The zero-order valence-electron chi connectivity index (χ0n) is 10.6. The molecule has 0 bridgehead atoms. The molecule has 1 heterocycles. The van der Waals surface area contributed by atoms with E-state index in [-0.39, 0.29) is 23.6 Å². The predicted molar refractivity (Wildman–Crippen MR) is 68.4 cm³/mol. The summed E-state index contributed by atoms with van der Waals surface area (Å²) in [6.45, 7) is 5.83. The maximum Gasteiger partial charge on any atom is 0.355 e. The van der Waals surface area contributed by atoms with Crippen LogP contribution in [0.3, 0.4) is 0 Å². The highest BCUT2D eigenvalue weighted by molar-refractivity contribution is 7.09. The van der Waals surface area contributed by atoms with Crippen molar-refractivity contribution in [1.29, 1.82) is 0 Å². The number of carbonyl (C=O) groups excluding carboxylic acids is 1. The number of aromatic carboxylic acids is 1. The number of hydrogen-bond donors (Lipinski definition) is 3. The molecule has 0 unspecified atom stereocenters. The first-order valence-electron chi connectivity index (χ1n) is 5.43. The van der Waals surface area contributed by atoms with Crippen molar-refractivity contribution < 1.29 is 14.7 Å². The smallest absolute Gasteiger partial charge is 0.355 e. The number of nitrogens with two attached hydrogens (primary N) is 1. The van der Waals surface area contributed by atoms with E-state index in [1.54, 1.807) is 0 Å². The van der Waals surface area contributed by atoms with E-state index in [0.717, 1.165) is 0 Å². The molecule has 0 aliphatic rings. The second-order valence-electron chi connectivity index (χ2n) is 4.99. The summed E-state index contributed by atoms with van der Waals surface area (Å²) >= 11 is 1.19. The molecular formula is C11H17N3O3S. The topological polar surface area (TPSA) is 105 Å². The van der Waals surface area contributed by atoms with Crippen molar-refractivity contribution >= 4 is 23.2 Å². The van der Waals surface area contributed by atoms with Gasteiger partial charge in [0.2, 0.25) is 5.91 Å². The molecule has 0 aliphatic carbocycles. The van der Waals surface area contributed by atoms with Crippen LogP contribution in [0, 0.1) is 5.41 Å². The van der Waals surface area contributed by atoms with Gasteiger partial charge in [0.05, 0.1) is 12.6 Å². The third kappa shape index (κ3) is 3.78. The molecule has 0 fully saturated rings. The van der Waals surface area contributed by atoms with E-state index in [0.29, 0.717) is 5.01 Å². The summed E-state index contributed by atoms with van der Waals surface area (Å²) < 4.78 is 0. The van der Waals surface area contributed by atoms with Crippen LogP contribution < -0.4 is 11.1 Å². The van der Waals surface area contributed by atoms with Crippen molar-refractivity contribution in [1.82, 2.24) is 10.3 Å². The Labute approximate surface area is 109 Å². The molecule has 0 saturated heterocycles. The lowest BCUT2D eigenvalue weighted by atomic mass is 9.87. The fourth-order valence-corrected chi connectivity index (χ4v) is 1.86. The molecule has 100 valence electrons. The first kappa shape index (κ1) is 14.6. The fraction of sp³-hybridized carbons (Fsp3) is 0.545. The Hall–Kier alpha value is -1.47. The molecule has 0 aliphatic heterocycles. The lowest BCUT2D eigenvalue weighted by molar-refractivity contribution is -0.124. The van der Waals surface area contributed by atoms with Crippen molar-refractivity contribution in [3.05, 3.63) is 16.1 Å². The number of carboxylic acid groups (broad SMARTS) is 1. The zero-order valence-corrected chi connectivity index (χ0v) is 11.4. The summed E-state index contributed by atoms with van der Waals surface area (Å²) in [4.78, 5) is 26.2. The van der Waals surface area contributed by atoms with Crippen LogP contribution in [0.1, 0.15) is 36.3 Å². The highest BCUT2D eigenvalue weighted by Crippen LogP contribution is 2.17. The normalized spacial score (nSPS) is 13.1. The fourth-order valence-electron chi connectivity index (χ4n) is 1.16. The molecule has 0 aromatic carbocycles. The number of nitrogens with zero attached hydrogens (tertiary/aromatic N) is 1. The Morgan fingerprint density at radius 1 is 1.56 bits per heavy atom. The SMILES string of the molecule is CC(C)(C)[C@H](N)C(=O)NCc1nc(C(=O)O)cs1. The van der Waals surface area contributed by atoms with Crippen molar-refractivity contribution in [2.75, 3.05) is 0 Å². The molecule has 4 N–H and O–H groups in total. The third-order valence-corrected chi connectivity index (χ3v) is 3.25. The summed E-state index contributed by atoms with van der Waals surface area (Å²) in [5.74, 6) is -1.34. The largest absolute Gasteiger partial charge is 0.476 e. The molecule has 0 spiro atoms. The molecule has 1 amide bonds.